The number of benzene rings is 1. The molecule has 1 aromatic carbocycles. The number of aryl methyl sites for hydroxylation is 1. The second kappa shape index (κ2) is 9.72. The SMILES string of the molecule is CN=C(NCc1nc(C(F)(F)F)cs1)NCC1CCCc2ccccc21.I. The first-order valence-corrected chi connectivity index (χ1v) is 9.39. The molecule has 0 fully saturated rings. The van der Waals surface area contributed by atoms with E-state index in [1.807, 2.05) is 0 Å². The monoisotopic (exact) mass is 510 g/mol. The van der Waals surface area contributed by atoms with Crippen LogP contribution in [0.25, 0.3) is 0 Å². The number of nitrogens with one attached hydrogen (secondary N) is 2. The van der Waals surface area contributed by atoms with E-state index in [1.54, 1.807) is 7.05 Å². The van der Waals surface area contributed by atoms with Crippen molar-refractivity contribution in [3.63, 3.8) is 0 Å². The summed E-state index contributed by atoms with van der Waals surface area (Å²) in [5, 5.41) is 7.73. The predicted octanol–water partition coefficient (Wildman–Crippen LogP) is 4.57. The third-order valence-corrected chi connectivity index (χ3v) is 5.33. The Bertz CT molecular complexity index is 776. The smallest absolute Gasteiger partial charge is 0.356 e. The number of halogens is 4. The summed E-state index contributed by atoms with van der Waals surface area (Å²) in [6, 6.07) is 8.48. The van der Waals surface area contributed by atoms with Crippen molar-refractivity contribution in [2.75, 3.05) is 13.6 Å². The highest BCUT2D eigenvalue weighted by Gasteiger charge is 2.33. The van der Waals surface area contributed by atoms with E-state index in [4.69, 9.17) is 0 Å². The van der Waals surface area contributed by atoms with Crippen LogP contribution in [0.3, 0.4) is 0 Å². The van der Waals surface area contributed by atoms with Crippen molar-refractivity contribution in [3.05, 3.63) is 51.5 Å². The Morgan fingerprint density at radius 3 is 2.78 bits per heavy atom. The van der Waals surface area contributed by atoms with Gasteiger partial charge in [0.05, 0.1) is 6.54 Å². The van der Waals surface area contributed by atoms with Gasteiger partial charge in [0.2, 0.25) is 0 Å². The zero-order valence-corrected chi connectivity index (χ0v) is 18.0. The fourth-order valence-electron chi connectivity index (χ4n) is 3.19. The molecule has 4 nitrogen and oxygen atoms in total. The van der Waals surface area contributed by atoms with E-state index >= 15 is 0 Å². The lowest BCUT2D eigenvalue weighted by atomic mass is 9.83. The Morgan fingerprint density at radius 1 is 1.30 bits per heavy atom. The molecule has 1 aliphatic carbocycles. The number of aliphatic imine (C=N–C) groups is 1. The van der Waals surface area contributed by atoms with Crippen LogP contribution in [0.4, 0.5) is 13.2 Å². The summed E-state index contributed by atoms with van der Waals surface area (Å²) in [7, 11) is 1.65. The van der Waals surface area contributed by atoms with Gasteiger partial charge in [-0.3, -0.25) is 4.99 Å². The molecule has 0 spiro atoms. The Labute approximate surface area is 177 Å². The van der Waals surface area contributed by atoms with Gasteiger partial charge >= 0.3 is 6.18 Å². The molecular weight excluding hydrogens is 488 g/mol. The first kappa shape index (κ1) is 21.9. The average Bonchev–Trinajstić information content (AvgIpc) is 3.11. The van der Waals surface area contributed by atoms with Crippen molar-refractivity contribution in [1.82, 2.24) is 15.6 Å². The quantitative estimate of drug-likeness (QED) is 0.360. The molecule has 3 rings (SSSR count). The maximum absolute atomic E-state index is 12.6. The standard InChI is InChI=1S/C18H21F3N4S.HI/c1-22-17(24-10-16-25-15(11-26-16)18(19,20)21)23-9-13-7-4-6-12-5-2-3-8-14(12)13;/h2-3,5,8,11,13H,4,6-7,9-10H2,1H3,(H2,22,23,24);1H. The van der Waals surface area contributed by atoms with Crippen LogP contribution in [0.5, 0.6) is 0 Å². The minimum Gasteiger partial charge on any atom is -0.356 e. The van der Waals surface area contributed by atoms with Crippen molar-refractivity contribution >= 4 is 41.3 Å². The van der Waals surface area contributed by atoms with Crippen LogP contribution in [0, 0.1) is 0 Å². The Morgan fingerprint density at radius 2 is 2.07 bits per heavy atom. The zero-order valence-electron chi connectivity index (χ0n) is 14.8. The minimum atomic E-state index is -4.40. The molecule has 1 aromatic heterocycles. The summed E-state index contributed by atoms with van der Waals surface area (Å²) >= 11 is 0.989. The first-order valence-electron chi connectivity index (χ1n) is 8.51. The first-order chi connectivity index (χ1) is 12.5. The highest BCUT2D eigenvalue weighted by molar-refractivity contribution is 14.0. The maximum atomic E-state index is 12.6. The number of hydrogen-bond acceptors (Lipinski definition) is 3. The zero-order chi connectivity index (χ0) is 18.6. The molecule has 1 atom stereocenters. The van der Waals surface area contributed by atoms with Gasteiger partial charge in [-0.15, -0.1) is 35.3 Å². The number of aromatic nitrogens is 1. The van der Waals surface area contributed by atoms with Crippen LogP contribution in [-0.2, 0) is 19.1 Å². The van der Waals surface area contributed by atoms with E-state index in [0.29, 0.717) is 16.9 Å². The highest BCUT2D eigenvalue weighted by atomic mass is 127. The lowest BCUT2D eigenvalue weighted by molar-refractivity contribution is -0.140. The van der Waals surface area contributed by atoms with E-state index < -0.39 is 11.9 Å². The second-order valence-electron chi connectivity index (χ2n) is 6.22. The van der Waals surface area contributed by atoms with E-state index in [-0.39, 0.29) is 30.5 Å². The molecule has 1 aliphatic rings. The van der Waals surface area contributed by atoms with Crippen molar-refractivity contribution in [1.29, 1.82) is 0 Å². The Kier molecular flexibility index (Phi) is 7.90. The van der Waals surface area contributed by atoms with Gasteiger partial charge in [0.15, 0.2) is 11.7 Å². The molecule has 0 saturated carbocycles. The topological polar surface area (TPSA) is 49.3 Å². The van der Waals surface area contributed by atoms with Crippen LogP contribution in [0.2, 0.25) is 0 Å². The van der Waals surface area contributed by atoms with E-state index in [1.165, 1.54) is 11.1 Å². The van der Waals surface area contributed by atoms with Crippen molar-refractivity contribution < 1.29 is 13.2 Å². The number of fused-ring (bicyclic) bond motifs is 1. The summed E-state index contributed by atoms with van der Waals surface area (Å²) in [6.07, 6.45) is -1.01. The van der Waals surface area contributed by atoms with Crippen LogP contribution in [0.1, 0.15) is 40.6 Å². The van der Waals surface area contributed by atoms with Gasteiger partial charge < -0.3 is 10.6 Å². The van der Waals surface area contributed by atoms with Gasteiger partial charge in [-0.1, -0.05) is 24.3 Å². The van der Waals surface area contributed by atoms with Gasteiger partial charge in [-0.05, 0) is 30.4 Å². The molecule has 2 aromatic rings. The molecule has 0 radical (unpaired) electrons. The molecular formula is C18H22F3IN4S. The third-order valence-electron chi connectivity index (χ3n) is 4.48. The molecule has 0 saturated heterocycles. The fourth-order valence-corrected chi connectivity index (χ4v) is 3.93. The largest absolute Gasteiger partial charge is 0.434 e. The average molecular weight is 510 g/mol. The molecule has 9 heteroatoms. The van der Waals surface area contributed by atoms with Gasteiger partial charge in [-0.25, -0.2) is 4.98 Å². The van der Waals surface area contributed by atoms with Gasteiger partial charge in [0.25, 0.3) is 0 Å². The number of rotatable bonds is 4. The van der Waals surface area contributed by atoms with Crippen LogP contribution < -0.4 is 10.6 Å². The van der Waals surface area contributed by atoms with Crippen LogP contribution >= 0.6 is 35.3 Å². The molecule has 0 amide bonds. The predicted molar refractivity (Wildman–Crippen MR) is 113 cm³/mol. The summed E-state index contributed by atoms with van der Waals surface area (Å²) in [5.74, 6) is 0.979. The summed E-state index contributed by atoms with van der Waals surface area (Å²) in [4.78, 5) is 7.76. The number of alkyl halides is 3. The lowest BCUT2D eigenvalue weighted by Gasteiger charge is -2.26. The molecule has 148 valence electrons. The fraction of sp³-hybridized carbons (Fsp3) is 0.444. The molecule has 0 bridgehead atoms. The minimum absolute atomic E-state index is 0. The Hall–Kier alpha value is -1.36. The lowest BCUT2D eigenvalue weighted by Crippen LogP contribution is -2.39. The molecule has 2 N–H and O–H groups in total. The van der Waals surface area contributed by atoms with E-state index in [9.17, 15) is 13.2 Å². The van der Waals surface area contributed by atoms with E-state index in [0.717, 1.165) is 42.5 Å². The number of nitrogens with zero attached hydrogens (tertiary/aromatic N) is 2. The van der Waals surface area contributed by atoms with Crippen molar-refractivity contribution in [2.24, 2.45) is 4.99 Å². The van der Waals surface area contributed by atoms with Gasteiger partial charge in [0, 0.05) is 24.9 Å². The molecule has 27 heavy (non-hydrogen) atoms. The van der Waals surface area contributed by atoms with E-state index in [2.05, 4.69) is 44.9 Å². The van der Waals surface area contributed by atoms with Gasteiger partial charge in [0.1, 0.15) is 5.01 Å². The molecule has 1 heterocycles. The highest BCUT2D eigenvalue weighted by Crippen LogP contribution is 2.31. The maximum Gasteiger partial charge on any atom is 0.434 e. The second-order valence-corrected chi connectivity index (χ2v) is 7.16. The van der Waals surface area contributed by atoms with Crippen molar-refractivity contribution in [2.45, 2.75) is 37.9 Å². The normalized spacial score (nSPS) is 17.0. The van der Waals surface area contributed by atoms with Crippen LogP contribution in [-0.4, -0.2) is 24.5 Å². The number of thiazole rings is 1. The summed E-state index contributed by atoms with van der Waals surface area (Å²) in [6.45, 7) is 0.948. The van der Waals surface area contributed by atoms with Crippen molar-refractivity contribution in [3.8, 4) is 0 Å². The van der Waals surface area contributed by atoms with Crippen LogP contribution in [0.15, 0.2) is 34.6 Å². The molecule has 0 aliphatic heterocycles. The number of hydrogen-bond donors (Lipinski definition) is 2. The van der Waals surface area contributed by atoms with Gasteiger partial charge in [-0.2, -0.15) is 13.2 Å². The molecule has 1 unspecified atom stereocenters. The summed E-state index contributed by atoms with van der Waals surface area (Å²) < 4.78 is 37.8. The number of guanidine groups is 1. The summed E-state index contributed by atoms with van der Waals surface area (Å²) in [5.41, 5.74) is 1.92. The Balaban J connectivity index is 0.00000261. The third kappa shape index (κ3) is 5.81.